The SMILES string of the molecule is CC(=O)CC1CCCN(c2ccnc(-c3cnc4cnc(C(N)=O)cn34)n2)C1.CC(=O)NC1CCN(c2ccnc(-c3cnc4cnc(C(N)=O)cn34)n2)CC1.CC1CN(c2ccnc(-c3cnc4cnc(Cl)cn34)n2)C(C)C(C2=CCN=C2)N1.CC1CN(c2ccnc(-c3cnc4cnc(Cl)cn34)n2)C(C)C(C2=CCN=C2)N1.CS(=O)(=O)CC1CCCN(c2ccnc(-c3cnc4cnc(C(N)=O)cn34)n2)C1. The highest BCUT2D eigenvalue weighted by Crippen LogP contribution is 2.34. The van der Waals surface area contributed by atoms with Gasteiger partial charge in [0.25, 0.3) is 17.7 Å². The van der Waals surface area contributed by atoms with E-state index in [1.54, 1.807) is 113 Å². The maximum absolute atomic E-state index is 11.7. The number of imidazole rings is 5. The Morgan fingerprint density at radius 2 is 0.748 bits per heavy atom. The summed E-state index contributed by atoms with van der Waals surface area (Å²) in [5.74, 6) is 5.78. The predicted molar refractivity (Wildman–Crippen MR) is 539 cm³/mol. The molecule has 7 aliphatic heterocycles. The van der Waals surface area contributed by atoms with Crippen molar-refractivity contribution in [3.05, 3.63) is 205 Å². The van der Waals surface area contributed by atoms with Crippen LogP contribution in [-0.2, 0) is 19.4 Å². The Kier molecular flexibility index (Phi) is 29.2. The molecule has 15 aromatic heterocycles. The van der Waals surface area contributed by atoms with Crippen molar-refractivity contribution in [3.8, 4) is 57.6 Å². The monoisotopic (exact) mass is 1990 g/mol. The van der Waals surface area contributed by atoms with E-state index in [0.29, 0.717) is 116 Å². The Morgan fingerprint density at radius 3 is 1.09 bits per heavy atom. The molecular formula is C95H104Cl2N38O7S. The Hall–Kier alpha value is -15.7. The Balaban J connectivity index is 0.000000118. The molecular weight excluding hydrogens is 1890 g/mol. The minimum atomic E-state index is -3.02. The minimum Gasteiger partial charge on any atom is -0.364 e. The lowest BCUT2D eigenvalue weighted by Crippen LogP contribution is -2.61. The fraction of sp³-hybridized carbons (Fsp3) is 0.358. The number of piperidine rings is 3. The van der Waals surface area contributed by atoms with Crippen molar-refractivity contribution in [1.29, 1.82) is 0 Å². The number of amides is 4. The number of hydrogen-bond acceptors (Lipinski definition) is 36. The lowest BCUT2D eigenvalue weighted by molar-refractivity contribution is -0.120. The number of fused-ring (bicyclic) bond motifs is 5. The van der Waals surface area contributed by atoms with Crippen LogP contribution in [0.25, 0.3) is 85.8 Å². The first-order valence-corrected chi connectivity index (χ1v) is 49.5. The predicted octanol–water partition coefficient (Wildman–Crippen LogP) is 7.23. The van der Waals surface area contributed by atoms with Crippen LogP contribution in [0, 0.1) is 11.8 Å². The second-order valence-corrected chi connectivity index (χ2v) is 39.0. The highest BCUT2D eigenvalue weighted by molar-refractivity contribution is 7.90. The van der Waals surface area contributed by atoms with E-state index in [9.17, 15) is 32.4 Å². The first-order chi connectivity index (χ1) is 69.0. The zero-order chi connectivity index (χ0) is 99.9. The van der Waals surface area contributed by atoms with Gasteiger partial charge >= 0.3 is 0 Å². The number of primary amides is 3. The maximum atomic E-state index is 11.7. The third-order valence-electron chi connectivity index (χ3n) is 25.5. The molecule has 7 aliphatic rings. The standard InChI is InChI=1S/2C20H21ClN8.C19H21N7O2.C18H20N8O2.C18H21N7O3S/c2*1-12-10-28(13(2)19(26-12)14-3-5-22-7-14)17-4-6-23-20(27-17)15-8-25-18-9-24-16(21)11-29(15)18;1-12(27)7-13-3-2-6-25(10-13)16-4-5-21-19(24-16)15-8-23-17-9-22-14(18(20)28)11-26(15)17;1-11(27)23-12-3-6-25(7-4-12)15-2-5-20-18(24-15)14-8-22-16-9-21-13(17(19)28)10-26(14)16;1-29(27,28)11-12-3-2-6-24(9-12)15-4-5-20-18(23-15)14-7-22-16-8-21-13(17(19)26)10-25(14)16/h2*3-4,6-9,11-13,19,26H,5,10H2,1-2H3;4-5,8-9,11,13H,2-3,6-7,10H2,1H3,(H2,20,28);2,5,8-10,12H,3-4,6-7H2,1H3,(H2,19,28)(H,23,27);4-5,7-8,10,12H,2-3,6,9,11H2,1H3,(H2,19,26). The van der Waals surface area contributed by atoms with Gasteiger partial charge in [0.05, 0.1) is 92.9 Å². The van der Waals surface area contributed by atoms with Crippen molar-refractivity contribution in [3.63, 3.8) is 0 Å². The first-order valence-electron chi connectivity index (χ1n) is 46.7. The third-order valence-corrected chi connectivity index (χ3v) is 27.0. The van der Waals surface area contributed by atoms with Crippen LogP contribution < -0.4 is 57.7 Å². The molecule has 143 heavy (non-hydrogen) atoms. The zero-order valence-corrected chi connectivity index (χ0v) is 81.6. The number of aliphatic imine (C=N–C) groups is 2. The number of anilines is 5. The van der Waals surface area contributed by atoms with Crippen LogP contribution in [0.3, 0.4) is 0 Å². The number of carbonyl (C=O) groups excluding carboxylic acids is 5. The fourth-order valence-corrected chi connectivity index (χ4v) is 20.2. The van der Waals surface area contributed by atoms with E-state index >= 15 is 0 Å². The van der Waals surface area contributed by atoms with Crippen molar-refractivity contribution in [2.45, 2.75) is 129 Å². The van der Waals surface area contributed by atoms with E-state index in [1.807, 2.05) is 51.6 Å². The molecule has 0 aromatic carbocycles. The number of halogens is 2. The number of sulfone groups is 1. The third kappa shape index (κ3) is 22.7. The number of aromatic nitrogens is 25. The highest BCUT2D eigenvalue weighted by Gasteiger charge is 2.38. The quantitative estimate of drug-likeness (QED) is 0.0438. The summed E-state index contributed by atoms with van der Waals surface area (Å²) < 4.78 is 32.1. The number of hydrogen-bond donors (Lipinski definition) is 6. The van der Waals surface area contributed by atoms with Gasteiger partial charge in [-0.2, -0.15) is 0 Å². The van der Waals surface area contributed by atoms with Crippen molar-refractivity contribution in [2.75, 3.05) is 102 Å². The number of ketones is 1. The van der Waals surface area contributed by atoms with Crippen molar-refractivity contribution >= 4 is 132 Å². The fourth-order valence-electron chi connectivity index (χ4n) is 18.8. The van der Waals surface area contributed by atoms with Crippen LogP contribution >= 0.6 is 23.2 Å². The summed E-state index contributed by atoms with van der Waals surface area (Å²) >= 11 is 12.1. The summed E-state index contributed by atoms with van der Waals surface area (Å²) in [5.41, 5.74) is 25.5. The number of nitrogens with one attached hydrogen (secondary N) is 3. The lowest BCUT2D eigenvalue weighted by Gasteiger charge is -2.44. The molecule has 5 fully saturated rings. The van der Waals surface area contributed by atoms with Gasteiger partial charge in [0.15, 0.2) is 57.4 Å². The largest absolute Gasteiger partial charge is 0.364 e. The molecule has 22 rings (SSSR count). The molecule has 8 unspecified atom stereocenters. The Morgan fingerprint density at radius 1 is 0.413 bits per heavy atom. The number of nitrogens with two attached hydrogens (primary N) is 3. The second-order valence-electron chi connectivity index (χ2n) is 36.0. The van der Waals surface area contributed by atoms with Crippen LogP contribution in [0.15, 0.2) is 188 Å². The number of Topliss-reactive ketones (excluding diaryl/α,β-unsaturated/α-hetero) is 1. The van der Waals surface area contributed by atoms with Gasteiger partial charge in [-0.3, -0.25) is 51.2 Å². The van der Waals surface area contributed by atoms with E-state index in [1.165, 1.54) is 55.3 Å². The minimum absolute atomic E-state index is 0.000188. The molecule has 736 valence electrons. The van der Waals surface area contributed by atoms with Crippen molar-refractivity contribution in [2.24, 2.45) is 39.0 Å². The number of rotatable bonds is 20. The molecule has 45 nitrogen and oxygen atoms in total. The van der Waals surface area contributed by atoms with E-state index < -0.39 is 27.6 Å². The average molecular weight is 1990 g/mol. The summed E-state index contributed by atoms with van der Waals surface area (Å²) in [6.45, 7) is 20.0. The summed E-state index contributed by atoms with van der Waals surface area (Å²) in [7, 11) is -3.02. The van der Waals surface area contributed by atoms with E-state index in [2.05, 4.69) is 175 Å². The van der Waals surface area contributed by atoms with Crippen LogP contribution in [0.2, 0.25) is 10.3 Å². The molecule has 0 saturated carbocycles. The normalized spacial score (nSPS) is 19.7. The van der Waals surface area contributed by atoms with Gasteiger partial charge in [-0.05, 0) is 126 Å². The molecule has 48 heteroatoms. The van der Waals surface area contributed by atoms with Crippen LogP contribution in [-0.4, -0.2) is 292 Å². The molecule has 5 saturated heterocycles. The number of nitrogens with zero attached hydrogens (tertiary/aromatic N) is 32. The van der Waals surface area contributed by atoms with Gasteiger partial charge in [-0.15, -0.1) is 0 Å². The van der Waals surface area contributed by atoms with Crippen LogP contribution in [0.5, 0.6) is 0 Å². The average Bonchev–Trinajstić information content (AvgIpc) is 1.74. The summed E-state index contributed by atoms with van der Waals surface area (Å²) in [6.07, 6.45) is 48.6. The van der Waals surface area contributed by atoms with Crippen LogP contribution in [0.1, 0.15) is 118 Å². The molecule has 22 heterocycles. The summed E-state index contributed by atoms with van der Waals surface area (Å²) in [4.78, 5) is 165. The van der Waals surface area contributed by atoms with E-state index in [0.717, 1.165) is 138 Å². The molecule has 8 atom stereocenters. The zero-order valence-electron chi connectivity index (χ0n) is 79.2. The molecule has 0 spiro atoms. The van der Waals surface area contributed by atoms with E-state index in [4.69, 9.17) is 55.4 Å². The molecule has 0 bridgehead atoms. The number of carbonyl (C=O) groups is 5. The van der Waals surface area contributed by atoms with Gasteiger partial charge in [0.1, 0.15) is 101 Å². The topological polar surface area (TPSA) is 554 Å². The molecule has 15 aromatic rings. The first kappa shape index (κ1) is 97.5. The molecule has 9 N–H and O–H groups in total. The molecule has 0 radical (unpaired) electrons. The van der Waals surface area contributed by atoms with Gasteiger partial charge < -0.3 is 62.4 Å². The maximum Gasteiger partial charge on any atom is 0.268 e. The van der Waals surface area contributed by atoms with Gasteiger partial charge in [0.2, 0.25) is 5.91 Å². The smallest absolute Gasteiger partial charge is 0.268 e. The second kappa shape index (κ2) is 42.8. The van der Waals surface area contributed by atoms with Crippen molar-refractivity contribution < 1.29 is 32.4 Å². The molecule has 0 aliphatic carbocycles. The summed E-state index contributed by atoms with van der Waals surface area (Å²) in [5, 5.41) is 11.2. The van der Waals surface area contributed by atoms with Crippen molar-refractivity contribution in [1.82, 2.24) is 138 Å². The van der Waals surface area contributed by atoms with Gasteiger partial charge in [0, 0.05) is 177 Å². The number of piperazine rings is 2. The summed E-state index contributed by atoms with van der Waals surface area (Å²) in [6, 6.07) is 11.2. The highest BCUT2D eigenvalue weighted by atomic mass is 35.5. The lowest BCUT2D eigenvalue weighted by atomic mass is 9.93. The Labute approximate surface area is 829 Å². The Bertz CT molecular complexity index is 7370. The van der Waals surface area contributed by atoms with Crippen LogP contribution in [0.4, 0.5) is 29.1 Å². The van der Waals surface area contributed by atoms with Gasteiger partial charge in [-0.25, -0.2) is 108 Å². The van der Waals surface area contributed by atoms with E-state index in [-0.39, 0.29) is 70.7 Å². The molecule has 4 amide bonds. The van der Waals surface area contributed by atoms with Gasteiger partial charge in [-0.1, -0.05) is 35.4 Å².